The highest BCUT2D eigenvalue weighted by atomic mass is 19.4. The second kappa shape index (κ2) is 6.43. The Morgan fingerprint density at radius 2 is 1.76 bits per heavy atom. The summed E-state index contributed by atoms with van der Waals surface area (Å²) in [6.07, 6.45) is -1.40. The number of nitrogen functional groups attached to an aromatic ring is 1. The molecular formula is C18H15F3N4. The first-order chi connectivity index (χ1) is 11.9. The van der Waals surface area contributed by atoms with Crippen LogP contribution in [-0.4, -0.2) is 15.4 Å². The lowest BCUT2D eigenvalue weighted by Crippen LogP contribution is -2.15. The van der Waals surface area contributed by atoms with Crippen LogP contribution in [0.2, 0.25) is 0 Å². The van der Waals surface area contributed by atoms with Crippen LogP contribution in [0.15, 0.2) is 60.9 Å². The molecule has 0 spiro atoms. The first kappa shape index (κ1) is 16.8. The Bertz CT molecular complexity index is 912. The van der Waals surface area contributed by atoms with Crippen molar-refractivity contribution in [2.24, 2.45) is 5.73 Å². The number of alkyl halides is 3. The van der Waals surface area contributed by atoms with Crippen molar-refractivity contribution in [1.82, 2.24) is 9.55 Å². The van der Waals surface area contributed by atoms with Crippen molar-refractivity contribution in [1.29, 1.82) is 5.41 Å². The highest BCUT2D eigenvalue weighted by molar-refractivity contribution is 5.96. The molecule has 0 fully saturated rings. The van der Waals surface area contributed by atoms with Crippen molar-refractivity contribution in [3.8, 4) is 11.4 Å². The maximum Gasteiger partial charge on any atom is 0.417 e. The van der Waals surface area contributed by atoms with E-state index >= 15 is 0 Å². The molecule has 0 bridgehead atoms. The molecule has 0 aliphatic heterocycles. The van der Waals surface area contributed by atoms with Gasteiger partial charge in [0, 0.05) is 30.1 Å². The van der Waals surface area contributed by atoms with E-state index in [4.69, 9.17) is 11.1 Å². The number of hydrogen-bond acceptors (Lipinski definition) is 2. The van der Waals surface area contributed by atoms with E-state index in [1.807, 2.05) is 0 Å². The van der Waals surface area contributed by atoms with Gasteiger partial charge in [-0.2, -0.15) is 13.2 Å². The number of aromatic nitrogens is 2. The first-order valence-electron chi connectivity index (χ1n) is 7.48. The van der Waals surface area contributed by atoms with Crippen LogP contribution in [0.1, 0.15) is 16.7 Å². The minimum atomic E-state index is -4.47. The monoisotopic (exact) mass is 344 g/mol. The third-order valence-electron chi connectivity index (χ3n) is 3.84. The number of rotatable bonds is 4. The fourth-order valence-corrected chi connectivity index (χ4v) is 2.71. The van der Waals surface area contributed by atoms with Gasteiger partial charge in [-0.1, -0.05) is 42.5 Å². The maximum absolute atomic E-state index is 13.3. The van der Waals surface area contributed by atoms with E-state index in [-0.39, 0.29) is 23.8 Å². The minimum Gasteiger partial charge on any atom is -0.384 e. The van der Waals surface area contributed by atoms with Crippen molar-refractivity contribution in [2.75, 3.05) is 0 Å². The van der Waals surface area contributed by atoms with E-state index in [9.17, 15) is 13.2 Å². The predicted octanol–water partition coefficient (Wildman–Crippen LogP) is 3.90. The normalized spacial score (nSPS) is 11.5. The Kier molecular flexibility index (Phi) is 4.31. The number of nitrogens with two attached hydrogens (primary N) is 1. The molecule has 3 N–H and O–H groups in total. The quantitative estimate of drug-likeness (QED) is 0.557. The Morgan fingerprint density at radius 1 is 1.08 bits per heavy atom. The number of hydrogen-bond donors (Lipinski definition) is 2. The SMILES string of the molecule is N=C(N)c1ccccc1Cn1ccnc1-c1ccccc1C(F)(F)F. The number of nitrogens with zero attached hydrogens (tertiary/aromatic N) is 2. The zero-order chi connectivity index (χ0) is 18.0. The van der Waals surface area contributed by atoms with Gasteiger partial charge in [-0.15, -0.1) is 0 Å². The van der Waals surface area contributed by atoms with Crippen molar-refractivity contribution in [3.05, 3.63) is 77.6 Å². The summed E-state index contributed by atoms with van der Waals surface area (Å²) >= 11 is 0. The molecule has 3 rings (SSSR count). The van der Waals surface area contributed by atoms with E-state index in [2.05, 4.69) is 4.98 Å². The molecule has 0 saturated heterocycles. The zero-order valence-electron chi connectivity index (χ0n) is 13.1. The van der Waals surface area contributed by atoms with Crippen LogP contribution in [0.4, 0.5) is 13.2 Å². The summed E-state index contributed by atoms with van der Waals surface area (Å²) in [7, 11) is 0. The Hall–Kier alpha value is -3.09. The van der Waals surface area contributed by atoms with Crippen LogP contribution in [-0.2, 0) is 12.7 Å². The average molecular weight is 344 g/mol. The fraction of sp³-hybridized carbons (Fsp3) is 0.111. The summed E-state index contributed by atoms with van der Waals surface area (Å²) in [5.41, 5.74) is 6.15. The van der Waals surface area contributed by atoms with E-state index in [0.29, 0.717) is 5.56 Å². The van der Waals surface area contributed by atoms with Crippen LogP contribution in [0, 0.1) is 5.41 Å². The highest BCUT2D eigenvalue weighted by Crippen LogP contribution is 2.36. The predicted molar refractivity (Wildman–Crippen MR) is 89.2 cm³/mol. The Labute approximate surface area is 142 Å². The molecule has 0 aliphatic carbocycles. The molecule has 0 amide bonds. The first-order valence-corrected chi connectivity index (χ1v) is 7.48. The summed E-state index contributed by atoms with van der Waals surface area (Å²) in [4.78, 5) is 4.11. The van der Waals surface area contributed by atoms with E-state index < -0.39 is 11.7 Å². The molecule has 4 nitrogen and oxygen atoms in total. The lowest BCUT2D eigenvalue weighted by atomic mass is 10.0. The molecule has 0 saturated carbocycles. The molecule has 2 aromatic carbocycles. The van der Waals surface area contributed by atoms with Gasteiger partial charge in [0.1, 0.15) is 11.7 Å². The summed E-state index contributed by atoms with van der Waals surface area (Å²) in [6.45, 7) is 0.261. The molecule has 7 heteroatoms. The van der Waals surface area contributed by atoms with Gasteiger partial charge in [0.2, 0.25) is 0 Å². The minimum absolute atomic E-state index is 0.0142. The zero-order valence-corrected chi connectivity index (χ0v) is 13.1. The van der Waals surface area contributed by atoms with Gasteiger partial charge in [-0.3, -0.25) is 5.41 Å². The molecule has 1 heterocycles. The molecule has 0 atom stereocenters. The molecule has 25 heavy (non-hydrogen) atoms. The third kappa shape index (κ3) is 3.40. The average Bonchev–Trinajstić information content (AvgIpc) is 3.02. The van der Waals surface area contributed by atoms with Crippen LogP contribution >= 0.6 is 0 Å². The smallest absolute Gasteiger partial charge is 0.384 e. The van der Waals surface area contributed by atoms with Crippen molar-refractivity contribution >= 4 is 5.84 Å². The van der Waals surface area contributed by atoms with Gasteiger partial charge in [0.15, 0.2) is 0 Å². The topological polar surface area (TPSA) is 67.7 Å². The van der Waals surface area contributed by atoms with Gasteiger partial charge in [0.05, 0.1) is 5.56 Å². The second-order valence-electron chi connectivity index (χ2n) is 5.49. The lowest BCUT2D eigenvalue weighted by molar-refractivity contribution is -0.137. The lowest BCUT2D eigenvalue weighted by Gasteiger charge is -2.15. The third-order valence-corrected chi connectivity index (χ3v) is 3.84. The van der Waals surface area contributed by atoms with Crippen molar-refractivity contribution in [2.45, 2.75) is 12.7 Å². The van der Waals surface area contributed by atoms with Gasteiger partial charge in [-0.25, -0.2) is 4.98 Å². The molecular weight excluding hydrogens is 329 g/mol. The molecule has 0 unspecified atom stereocenters. The summed E-state index contributed by atoms with van der Waals surface area (Å²) in [5, 5.41) is 7.64. The van der Waals surface area contributed by atoms with Crippen LogP contribution in [0.3, 0.4) is 0 Å². The van der Waals surface area contributed by atoms with Crippen LogP contribution in [0.5, 0.6) is 0 Å². The molecule has 1 aromatic heterocycles. The fourth-order valence-electron chi connectivity index (χ4n) is 2.71. The largest absolute Gasteiger partial charge is 0.417 e. The van der Waals surface area contributed by atoms with E-state index in [0.717, 1.165) is 11.6 Å². The molecule has 3 aromatic rings. The summed E-state index contributed by atoms with van der Waals surface area (Å²) < 4.78 is 41.5. The second-order valence-corrected chi connectivity index (χ2v) is 5.49. The van der Waals surface area contributed by atoms with Gasteiger partial charge in [0.25, 0.3) is 0 Å². The number of halogens is 3. The Morgan fingerprint density at radius 3 is 2.48 bits per heavy atom. The summed E-state index contributed by atoms with van der Waals surface area (Å²) in [6, 6.07) is 12.4. The molecule has 0 aliphatic rings. The number of nitrogens with one attached hydrogen (secondary N) is 1. The van der Waals surface area contributed by atoms with Crippen molar-refractivity contribution in [3.63, 3.8) is 0 Å². The standard InChI is InChI=1S/C18H15F3N4/c19-18(20,21)15-8-4-3-7-14(15)17-24-9-10-25(17)11-12-5-1-2-6-13(12)16(22)23/h1-10H,11H2,(H3,22,23). The van der Waals surface area contributed by atoms with Crippen LogP contribution in [0.25, 0.3) is 11.4 Å². The van der Waals surface area contributed by atoms with Gasteiger partial charge >= 0.3 is 6.18 Å². The number of imidazole rings is 1. The molecule has 0 radical (unpaired) electrons. The Balaban J connectivity index is 2.06. The number of amidine groups is 1. The van der Waals surface area contributed by atoms with Gasteiger partial charge < -0.3 is 10.3 Å². The van der Waals surface area contributed by atoms with E-state index in [1.165, 1.54) is 18.3 Å². The molecule has 128 valence electrons. The van der Waals surface area contributed by atoms with Crippen molar-refractivity contribution < 1.29 is 13.2 Å². The number of benzene rings is 2. The van der Waals surface area contributed by atoms with Gasteiger partial charge in [-0.05, 0) is 11.6 Å². The summed E-state index contributed by atoms with van der Waals surface area (Å²) in [5.74, 6) is 0.124. The van der Waals surface area contributed by atoms with Crippen LogP contribution < -0.4 is 5.73 Å². The highest BCUT2D eigenvalue weighted by Gasteiger charge is 2.34. The maximum atomic E-state index is 13.3. The van der Waals surface area contributed by atoms with E-state index in [1.54, 1.807) is 41.1 Å².